The number of benzene rings is 2. The molecule has 2 aliphatic rings. The van der Waals surface area contributed by atoms with Gasteiger partial charge in [-0.1, -0.05) is 31.0 Å². The fraction of sp³-hybridized carbons (Fsp3) is 0.273. The molecule has 0 radical (unpaired) electrons. The van der Waals surface area contributed by atoms with Gasteiger partial charge in [0.15, 0.2) is 0 Å². The molecule has 1 amide bonds. The molecule has 2 aromatic rings. The van der Waals surface area contributed by atoms with Gasteiger partial charge in [0.2, 0.25) is 0 Å². The summed E-state index contributed by atoms with van der Waals surface area (Å²) in [5.41, 5.74) is -0.104. The molecule has 1 heterocycles. The van der Waals surface area contributed by atoms with E-state index in [1.807, 2.05) is 0 Å². The number of rotatable bonds is 4. The molecule has 1 atom stereocenters. The Morgan fingerprint density at radius 2 is 1.70 bits per heavy atom. The first-order chi connectivity index (χ1) is 14.4. The van der Waals surface area contributed by atoms with Gasteiger partial charge in [-0.2, -0.15) is 0 Å². The summed E-state index contributed by atoms with van der Waals surface area (Å²) in [4.78, 5) is 37.5. The monoisotopic (exact) mass is 410 g/mol. The van der Waals surface area contributed by atoms with Gasteiger partial charge in [-0.15, -0.1) is 0 Å². The van der Waals surface area contributed by atoms with Crippen molar-refractivity contribution in [1.82, 2.24) is 4.90 Å². The maximum Gasteiger partial charge on any atom is 0.295 e. The largest absolute Gasteiger partial charge is 0.507 e. The number of nitro groups is 1. The molecular formula is C22H19FN2O5. The van der Waals surface area contributed by atoms with Gasteiger partial charge < -0.3 is 10.0 Å². The van der Waals surface area contributed by atoms with E-state index in [1.54, 1.807) is 6.07 Å². The van der Waals surface area contributed by atoms with E-state index in [9.17, 15) is 29.2 Å². The van der Waals surface area contributed by atoms with E-state index in [2.05, 4.69) is 0 Å². The maximum atomic E-state index is 14.7. The number of Topliss-reactive ketones (excluding diaryl/α,β-unsaturated/α-hetero) is 1. The normalized spacial score (nSPS) is 21.4. The highest BCUT2D eigenvalue weighted by atomic mass is 19.1. The van der Waals surface area contributed by atoms with Crippen LogP contribution in [0.4, 0.5) is 10.1 Å². The van der Waals surface area contributed by atoms with E-state index in [0.717, 1.165) is 12.8 Å². The van der Waals surface area contributed by atoms with Crippen LogP contribution in [0.2, 0.25) is 0 Å². The number of nitro benzene ring substituents is 1. The number of hydrogen-bond acceptors (Lipinski definition) is 5. The number of hydrogen-bond donors (Lipinski definition) is 1. The second-order valence-corrected chi connectivity index (χ2v) is 7.47. The number of non-ortho nitro benzene ring substituents is 1. The maximum absolute atomic E-state index is 14.7. The van der Waals surface area contributed by atoms with Crippen LogP contribution in [-0.4, -0.2) is 32.7 Å². The Bertz CT molecular complexity index is 1060. The zero-order chi connectivity index (χ0) is 21.4. The topological polar surface area (TPSA) is 101 Å². The molecule has 1 saturated carbocycles. The molecule has 1 aliphatic heterocycles. The first-order valence-corrected chi connectivity index (χ1v) is 9.69. The minimum Gasteiger partial charge on any atom is -0.507 e. The number of carbonyl (C=O) groups is 2. The molecule has 30 heavy (non-hydrogen) atoms. The van der Waals surface area contributed by atoms with Gasteiger partial charge in [0.25, 0.3) is 17.4 Å². The highest BCUT2D eigenvalue weighted by molar-refractivity contribution is 6.46. The molecule has 8 heteroatoms. The van der Waals surface area contributed by atoms with Crippen molar-refractivity contribution < 1.29 is 24.0 Å². The minimum atomic E-state index is -1.05. The molecular weight excluding hydrogens is 391 g/mol. The lowest BCUT2D eigenvalue weighted by Gasteiger charge is -2.30. The van der Waals surface area contributed by atoms with Crippen LogP contribution in [0.5, 0.6) is 0 Å². The number of likely N-dealkylation sites (tertiary alicyclic amines) is 1. The van der Waals surface area contributed by atoms with Crippen molar-refractivity contribution in [2.45, 2.75) is 37.8 Å². The summed E-state index contributed by atoms with van der Waals surface area (Å²) in [6.45, 7) is 0. The molecule has 1 N–H and O–H groups in total. The van der Waals surface area contributed by atoms with Gasteiger partial charge in [0, 0.05) is 29.3 Å². The van der Waals surface area contributed by atoms with Crippen molar-refractivity contribution >= 4 is 23.1 Å². The lowest BCUT2D eigenvalue weighted by atomic mass is 9.94. The van der Waals surface area contributed by atoms with Gasteiger partial charge in [-0.3, -0.25) is 19.7 Å². The van der Waals surface area contributed by atoms with E-state index < -0.39 is 34.2 Å². The van der Waals surface area contributed by atoms with Crippen molar-refractivity contribution in [3.63, 3.8) is 0 Å². The Kier molecular flexibility index (Phi) is 5.07. The number of halogens is 1. The Balaban J connectivity index is 1.88. The molecule has 1 aliphatic carbocycles. The van der Waals surface area contributed by atoms with Gasteiger partial charge in [-0.05, 0) is 31.0 Å². The molecule has 1 unspecified atom stereocenters. The fourth-order valence-electron chi connectivity index (χ4n) is 4.31. The second kappa shape index (κ2) is 7.70. The van der Waals surface area contributed by atoms with Crippen LogP contribution < -0.4 is 0 Å². The van der Waals surface area contributed by atoms with Crippen LogP contribution in [0.15, 0.2) is 54.1 Å². The minimum absolute atomic E-state index is 0.132. The lowest BCUT2D eigenvalue weighted by Crippen LogP contribution is -2.38. The number of ketones is 1. The van der Waals surface area contributed by atoms with Crippen molar-refractivity contribution in [2.24, 2.45) is 0 Å². The fourth-order valence-corrected chi connectivity index (χ4v) is 4.31. The molecule has 0 aromatic heterocycles. The molecule has 4 rings (SSSR count). The third kappa shape index (κ3) is 3.24. The van der Waals surface area contributed by atoms with E-state index in [-0.39, 0.29) is 28.4 Å². The van der Waals surface area contributed by atoms with Crippen molar-refractivity contribution in [2.75, 3.05) is 0 Å². The van der Waals surface area contributed by atoms with Crippen LogP contribution in [0.1, 0.15) is 42.9 Å². The van der Waals surface area contributed by atoms with Crippen molar-refractivity contribution in [3.8, 4) is 0 Å². The highest BCUT2D eigenvalue weighted by Crippen LogP contribution is 2.44. The lowest BCUT2D eigenvalue weighted by molar-refractivity contribution is -0.384. The Morgan fingerprint density at radius 3 is 2.30 bits per heavy atom. The first-order valence-electron chi connectivity index (χ1n) is 9.69. The Labute approximate surface area is 171 Å². The van der Waals surface area contributed by atoms with E-state index >= 15 is 0 Å². The summed E-state index contributed by atoms with van der Waals surface area (Å²) in [6, 6.07) is 9.59. The smallest absolute Gasteiger partial charge is 0.295 e. The quantitative estimate of drug-likeness (QED) is 0.269. The summed E-state index contributed by atoms with van der Waals surface area (Å²) in [5.74, 6) is -2.70. The van der Waals surface area contributed by atoms with Gasteiger partial charge in [0.05, 0.1) is 16.5 Å². The Morgan fingerprint density at radius 1 is 1.07 bits per heavy atom. The van der Waals surface area contributed by atoms with Gasteiger partial charge in [0.1, 0.15) is 11.6 Å². The summed E-state index contributed by atoms with van der Waals surface area (Å²) < 4.78 is 14.7. The molecule has 1 saturated heterocycles. The van der Waals surface area contributed by atoms with Crippen LogP contribution in [0, 0.1) is 15.9 Å². The van der Waals surface area contributed by atoms with Crippen LogP contribution >= 0.6 is 0 Å². The predicted octanol–water partition coefficient (Wildman–Crippen LogP) is 4.10. The standard InChI is InChI=1S/C22H19FN2O5/c23-17-8-4-3-7-16(17)19-18(20(26)13-9-11-15(12-10-13)25(29)30)21(27)22(28)24(19)14-5-1-2-6-14/h3-4,7-12,14,19,26H,1-2,5-6H2/b20-18+. The molecule has 2 aromatic carbocycles. The molecule has 0 spiro atoms. The van der Waals surface area contributed by atoms with E-state index in [0.29, 0.717) is 12.8 Å². The van der Waals surface area contributed by atoms with Crippen LogP contribution in [0.25, 0.3) is 5.76 Å². The SMILES string of the molecule is O=C1C(=O)N(C2CCCC2)C(c2ccccc2F)/C1=C(\O)c1ccc([N+](=O)[O-])cc1. The first kappa shape index (κ1) is 19.8. The summed E-state index contributed by atoms with van der Waals surface area (Å²) >= 11 is 0. The average Bonchev–Trinajstić information content (AvgIpc) is 3.35. The number of nitrogens with zero attached hydrogens (tertiary/aromatic N) is 2. The van der Waals surface area contributed by atoms with Crippen molar-refractivity contribution in [3.05, 3.63) is 81.2 Å². The van der Waals surface area contributed by atoms with Crippen LogP contribution in [-0.2, 0) is 9.59 Å². The third-order valence-electron chi connectivity index (χ3n) is 5.75. The zero-order valence-electron chi connectivity index (χ0n) is 16.0. The summed E-state index contributed by atoms with van der Waals surface area (Å²) in [7, 11) is 0. The molecule has 154 valence electrons. The zero-order valence-corrected chi connectivity index (χ0v) is 16.0. The van der Waals surface area contributed by atoms with E-state index in [1.165, 1.54) is 47.4 Å². The summed E-state index contributed by atoms with van der Waals surface area (Å²) in [5, 5.41) is 21.8. The average molecular weight is 410 g/mol. The van der Waals surface area contributed by atoms with Gasteiger partial charge in [-0.25, -0.2) is 4.39 Å². The molecule has 7 nitrogen and oxygen atoms in total. The number of aliphatic hydroxyl groups is 1. The third-order valence-corrected chi connectivity index (χ3v) is 5.75. The molecule has 2 fully saturated rings. The predicted molar refractivity (Wildman–Crippen MR) is 106 cm³/mol. The van der Waals surface area contributed by atoms with Crippen LogP contribution in [0.3, 0.4) is 0 Å². The number of amides is 1. The number of aliphatic hydroxyl groups excluding tert-OH is 1. The van der Waals surface area contributed by atoms with Gasteiger partial charge >= 0.3 is 0 Å². The summed E-state index contributed by atoms with van der Waals surface area (Å²) in [6.07, 6.45) is 3.21. The Hall–Kier alpha value is -3.55. The molecule has 0 bridgehead atoms. The van der Waals surface area contributed by atoms with Crippen molar-refractivity contribution in [1.29, 1.82) is 0 Å². The second-order valence-electron chi connectivity index (χ2n) is 7.47. The highest BCUT2D eigenvalue weighted by Gasteiger charge is 2.49. The number of carbonyl (C=O) groups excluding carboxylic acids is 2. The van der Waals surface area contributed by atoms with E-state index in [4.69, 9.17) is 0 Å².